The summed E-state index contributed by atoms with van der Waals surface area (Å²) in [5.74, 6) is 2.01. The molecule has 0 amide bonds. The Bertz CT molecular complexity index is 908. The van der Waals surface area contributed by atoms with Crippen molar-refractivity contribution in [3.05, 3.63) is 46.4 Å². The first kappa shape index (κ1) is 14.7. The Hall–Kier alpha value is -2.83. The van der Waals surface area contributed by atoms with Gasteiger partial charge in [-0.15, -0.1) is 0 Å². The fourth-order valence-electron chi connectivity index (χ4n) is 3.30. The topological polar surface area (TPSA) is 86.9 Å². The summed E-state index contributed by atoms with van der Waals surface area (Å²) in [6.07, 6.45) is 3.52. The number of anilines is 1. The number of rotatable bonds is 3. The van der Waals surface area contributed by atoms with Crippen LogP contribution in [0.25, 0.3) is 11.0 Å². The van der Waals surface area contributed by atoms with Crippen molar-refractivity contribution in [3.63, 3.8) is 0 Å². The van der Waals surface area contributed by atoms with E-state index < -0.39 is 0 Å². The van der Waals surface area contributed by atoms with E-state index in [0.717, 1.165) is 31.7 Å². The average molecular weight is 325 g/mol. The first-order valence-electron chi connectivity index (χ1n) is 8.07. The highest BCUT2D eigenvalue weighted by Gasteiger charge is 2.23. The molecule has 1 aromatic carbocycles. The third-order valence-electron chi connectivity index (χ3n) is 4.67. The van der Waals surface area contributed by atoms with Crippen molar-refractivity contribution in [2.45, 2.75) is 18.8 Å². The van der Waals surface area contributed by atoms with E-state index in [2.05, 4.69) is 37.2 Å². The quantitative estimate of drug-likeness (QED) is 0.769. The number of ether oxygens (including phenoxy) is 1. The van der Waals surface area contributed by atoms with E-state index in [9.17, 15) is 4.79 Å². The number of aromatic amines is 2. The number of nitrogens with zero attached hydrogens (tertiary/aromatic N) is 3. The number of hydrogen-bond acceptors (Lipinski definition) is 5. The smallest absolute Gasteiger partial charge is 0.263 e. The molecule has 2 N–H and O–H groups in total. The highest BCUT2D eigenvalue weighted by Crippen LogP contribution is 2.31. The minimum absolute atomic E-state index is 0.154. The third kappa shape index (κ3) is 2.62. The number of benzene rings is 1. The molecule has 0 atom stereocenters. The SMILES string of the molecule is COc1cccc(C2CCN(c3nc4[nH]ncc4c(=O)[nH]3)CC2)c1. The van der Waals surface area contributed by atoms with Gasteiger partial charge in [-0.2, -0.15) is 10.1 Å². The number of piperidine rings is 1. The minimum atomic E-state index is -0.154. The van der Waals surface area contributed by atoms with Gasteiger partial charge in [-0.05, 0) is 36.5 Å². The molecule has 24 heavy (non-hydrogen) atoms. The van der Waals surface area contributed by atoms with Gasteiger partial charge in [-0.25, -0.2) is 0 Å². The van der Waals surface area contributed by atoms with Crippen LogP contribution in [0.3, 0.4) is 0 Å². The second-order valence-electron chi connectivity index (χ2n) is 6.06. The Balaban J connectivity index is 1.51. The highest BCUT2D eigenvalue weighted by molar-refractivity contribution is 5.73. The molecule has 0 radical (unpaired) electrons. The van der Waals surface area contributed by atoms with Crippen molar-refractivity contribution in [2.75, 3.05) is 25.1 Å². The van der Waals surface area contributed by atoms with Crippen LogP contribution in [0.4, 0.5) is 5.95 Å². The van der Waals surface area contributed by atoms with Crippen molar-refractivity contribution >= 4 is 17.0 Å². The van der Waals surface area contributed by atoms with Gasteiger partial charge in [-0.3, -0.25) is 14.9 Å². The minimum Gasteiger partial charge on any atom is -0.497 e. The van der Waals surface area contributed by atoms with Crippen LogP contribution in [0.5, 0.6) is 5.75 Å². The molecule has 7 heteroatoms. The maximum atomic E-state index is 12.1. The first-order valence-corrected chi connectivity index (χ1v) is 8.07. The molecule has 1 fully saturated rings. The van der Waals surface area contributed by atoms with Gasteiger partial charge >= 0.3 is 0 Å². The summed E-state index contributed by atoms with van der Waals surface area (Å²) >= 11 is 0. The number of hydrogen-bond donors (Lipinski definition) is 2. The van der Waals surface area contributed by atoms with Gasteiger partial charge in [0.05, 0.1) is 13.3 Å². The summed E-state index contributed by atoms with van der Waals surface area (Å²) < 4.78 is 5.31. The van der Waals surface area contributed by atoms with Gasteiger partial charge in [0.1, 0.15) is 11.1 Å². The van der Waals surface area contributed by atoms with Gasteiger partial charge in [-0.1, -0.05) is 12.1 Å². The Labute approximate surface area is 138 Å². The van der Waals surface area contributed by atoms with E-state index >= 15 is 0 Å². The molecule has 124 valence electrons. The van der Waals surface area contributed by atoms with Gasteiger partial charge in [0.25, 0.3) is 5.56 Å². The number of nitrogens with one attached hydrogen (secondary N) is 2. The molecule has 0 saturated carbocycles. The van der Waals surface area contributed by atoms with Crippen LogP contribution < -0.4 is 15.2 Å². The van der Waals surface area contributed by atoms with Crippen molar-refractivity contribution in [1.29, 1.82) is 0 Å². The van der Waals surface area contributed by atoms with E-state index in [4.69, 9.17) is 4.74 Å². The number of methoxy groups -OCH3 is 1. The van der Waals surface area contributed by atoms with Crippen LogP contribution >= 0.6 is 0 Å². The Morgan fingerprint density at radius 2 is 2.12 bits per heavy atom. The monoisotopic (exact) mass is 325 g/mol. The predicted molar refractivity (Wildman–Crippen MR) is 91.7 cm³/mol. The summed E-state index contributed by atoms with van der Waals surface area (Å²) in [6, 6.07) is 8.26. The lowest BCUT2D eigenvalue weighted by atomic mass is 9.89. The zero-order valence-corrected chi connectivity index (χ0v) is 13.5. The lowest BCUT2D eigenvalue weighted by Gasteiger charge is -2.32. The zero-order valence-electron chi connectivity index (χ0n) is 13.5. The predicted octanol–water partition coefficient (Wildman–Crippen LogP) is 2.04. The van der Waals surface area contributed by atoms with Crippen molar-refractivity contribution in [3.8, 4) is 5.75 Å². The first-order chi connectivity index (χ1) is 11.7. The zero-order chi connectivity index (χ0) is 16.5. The van der Waals surface area contributed by atoms with E-state index in [1.165, 1.54) is 11.8 Å². The summed E-state index contributed by atoms with van der Waals surface area (Å²) in [7, 11) is 1.69. The Kier molecular flexibility index (Phi) is 3.68. The molecule has 7 nitrogen and oxygen atoms in total. The van der Waals surface area contributed by atoms with Crippen molar-refractivity contribution in [2.24, 2.45) is 0 Å². The molecule has 3 aromatic rings. The molecule has 1 aliphatic heterocycles. The maximum absolute atomic E-state index is 12.1. The molecule has 3 heterocycles. The van der Waals surface area contributed by atoms with Crippen LogP contribution in [-0.4, -0.2) is 40.4 Å². The van der Waals surface area contributed by atoms with E-state index in [0.29, 0.717) is 22.9 Å². The van der Waals surface area contributed by atoms with Crippen LogP contribution in [0.2, 0.25) is 0 Å². The molecule has 1 aliphatic rings. The van der Waals surface area contributed by atoms with Crippen LogP contribution in [0.15, 0.2) is 35.3 Å². The number of H-pyrrole nitrogens is 2. The second kappa shape index (κ2) is 5.99. The molecule has 0 unspecified atom stereocenters. The molecule has 4 rings (SSSR count). The Morgan fingerprint density at radius 3 is 2.92 bits per heavy atom. The van der Waals surface area contributed by atoms with Gasteiger partial charge < -0.3 is 9.64 Å². The normalized spacial score (nSPS) is 15.8. The lowest BCUT2D eigenvalue weighted by molar-refractivity contribution is 0.412. The number of aromatic nitrogens is 4. The molecular weight excluding hydrogens is 306 g/mol. The molecule has 0 bridgehead atoms. The largest absolute Gasteiger partial charge is 0.497 e. The fraction of sp³-hybridized carbons (Fsp3) is 0.353. The summed E-state index contributed by atoms with van der Waals surface area (Å²) in [5, 5.41) is 7.13. The van der Waals surface area contributed by atoms with E-state index in [1.54, 1.807) is 7.11 Å². The lowest BCUT2D eigenvalue weighted by Crippen LogP contribution is -2.35. The molecular formula is C17H19N5O2. The van der Waals surface area contributed by atoms with Crippen molar-refractivity contribution < 1.29 is 4.74 Å². The maximum Gasteiger partial charge on any atom is 0.263 e. The molecule has 0 spiro atoms. The van der Waals surface area contributed by atoms with Crippen molar-refractivity contribution in [1.82, 2.24) is 20.2 Å². The van der Waals surface area contributed by atoms with Crippen LogP contribution in [-0.2, 0) is 0 Å². The summed E-state index contributed by atoms with van der Waals surface area (Å²) in [4.78, 5) is 21.5. The number of fused-ring (bicyclic) bond motifs is 1. The molecule has 2 aromatic heterocycles. The van der Waals surface area contributed by atoms with Crippen LogP contribution in [0.1, 0.15) is 24.3 Å². The summed E-state index contributed by atoms with van der Waals surface area (Å²) in [6.45, 7) is 1.70. The third-order valence-corrected chi connectivity index (χ3v) is 4.67. The standard InChI is InChI=1S/C17H19N5O2/c1-24-13-4-2-3-12(9-13)11-5-7-22(8-6-11)17-19-15-14(10-18-21-15)16(23)20-17/h2-4,9-11H,5-8H2,1H3,(H2,18,19,20,21,23). The van der Waals surface area contributed by atoms with Crippen LogP contribution in [0, 0.1) is 0 Å². The highest BCUT2D eigenvalue weighted by atomic mass is 16.5. The molecule has 0 aliphatic carbocycles. The summed E-state index contributed by atoms with van der Waals surface area (Å²) in [5.41, 5.74) is 1.68. The van der Waals surface area contributed by atoms with Gasteiger partial charge in [0.2, 0.25) is 5.95 Å². The second-order valence-corrected chi connectivity index (χ2v) is 6.06. The van der Waals surface area contributed by atoms with E-state index in [1.807, 2.05) is 12.1 Å². The van der Waals surface area contributed by atoms with Gasteiger partial charge in [0, 0.05) is 13.1 Å². The van der Waals surface area contributed by atoms with Gasteiger partial charge in [0.15, 0.2) is 5.65 Å². The fourth-order valence-corrected chi connectivity index (χ4v) is 3.30. The van der Waals surface area contributed by atoms with E-state index in [-0.39, 0.29) is 5.56 Å². The average Bonchev–Trinajstić information content (AvgIpc) is 3.11. The Morgan fingerprint density at radius 1 is 1.29 bits per heavy atom. The molecule has 1 saturated heterocycles.